The standard InChI is InChI=1S/C30H37F3O5/c1-2-3-4-5-6-9-23-37-28(34)20-13-24-11-16-27(17-12-24)38-29(35)25-14-18-26(19-15-25)36-22-10-7-8-21-30(31,32)33/h11-20H,2-10,21-23H2,1H3. The lowest BCUT2D eigenvalue weighted by molar-refractivity contribution is -0.138. The molecule has 0 radical (unpaired) electrons. The molecule has 0 aliphatic carbocycles. The highest BCUT2D eigenvalue weighted by Crippen LogP contribution is 2.23. The maximum Gasteiger partial charge on any atom is 0.389 e. The topological polar surface area (TPSA) is 61.8 Å². The first-order valence-electron chi connectivity index (χ1n) is 13.2. The highest BCUT2D eigenvalue weighted by atomic mass is 19.4. The van der Waals surface area contributed by atoms with Crippen LogP contribution in [0.3, 0.4) is 0 Å². The van der Waals surface area contributed by atoms with Crippen LogP contribution in [0.15, 0.2) is 54.6 Å². The number of unbranched alkanes of at least 4 members (excludes halogenated alkanes) is 7. The number of rotatable bonds is 17. The molecule has 2 rings (SSSR count). The van der Waals surface area contributed by atoms with E-state index in [2.05, 4.69) is 6.92 Å². The highest BCUT2D eigenvalue weighted by molar-refractivity contribution is 5.91. The lowest BCUT2D eigenvalue weighted by Gasteiger charge is -2.08. The molecule has 0 spiro atoms. The first-order valence-corrected chi connectivity index (χ1v) is 13.2. The first-order chi connectivity index (χ1) is 18.3. The predicted octanol–water partition coefficient (Wildman–Crippen LogP) is 8.32. The van der Waals surface area contributed by atoms with Gasteiger partial charge in [-0.3, -0.25) is 0 Å². The number of carbonyl (C=O) groups is 2. The van der Waals surface area contributed by atoms with Crippen molar-refractivity contribution >= 4 is 18.0 Å². The third-order valence-corrected chi connectivity index (χ3v) is 5.71. The summed E-state index contributed by atoms with van der Waals surface area (Å²) in [7, 11) is 0. The zero-order valence-electron chi connectivity index (χ0n) is 21.9. The van der Waals surface area contributed by atoms with Gasteiger partial charge in [-0.1, -0.05) is 51.2 Å². The third kappa shape index (κ3) is 13.9. The van der Waals surface area contributed by atoms with Gasteiger partial charge in [0.15, 0.2) is 0 Å². The smallest absolute Gasteiger partial charge is 0.389 e. The van der Waals surface area contributed by atoms with Gasteiger partial charge in [-0.2, -0.15) is 13.2 Å². The Kier molecular flexibility index (Phi) is 14.1. The van der Waals surface area contributed by atoms with Crippen LogP contribution in [0, 0.1) is 0 Å². The van der Waals surface area contributed by atoms with E-state index in [9.17, 15) is 22.8 Å². The summed E-state index contributed by atoms with van der Waals surface area (Å²) < 4.78 is 52.5. The van der Waals surface area contributed by atoms with Crippen LogP contribution in [0.1, 0.15) is 87.1 Å². The van der Waals surface area contributed by atoms with Gasteiger partial charge < -0.3 is 14.2 Å². The second-order valence-electron chi connectivity index (χ2n) is 9.03. The minimum Gasteiger partial charge on any atom is -0.494 e. The number of esters is 2. The van der Waals surface area contributed by atoms with E-state index in [0.29, 0.717) is 43.1 Å². The molecule has 0 saturated heterocycles. The van der Waals surface area contributed by atoms with E-state index in [4.69, 9.17) is 14.2 Å². The summed E-state index contributed by atoms with van der Waals surface area (Å²) in [6.07, 6.45) is 5.92. The number of hydrogen-bond acceptors (Lipinski definition) is 5. The average Bonchev–Trinajstić information content (AvgIpc) is 2.89. The number of alkyl halides is 3. The molecule has 0 fully saturated rings. The van der Waals surface area contributed by atoms with Crippen molar-refractivity contribution in [1.82, 2.24) is 0 Å². The number of ether oxygens (including phenoxy) is 3. The van der Waals surface area contributed by atoms with Crippen LogP contribution >= 0.6 is 0 Å². The minimum absolute atomic E-state index is 0.0841. The predicted molar refractivity (Wildman–Crippen MR) is 141 cm³/mol. The quantitative estimate of drug-likeness (QED) is 0.0884. The van der Waals surface area contributed by atoms with Crippen LogP contribution in [-0.4, -0.2) is 31.3 Å². The van der Waals surface area contributed by atoms with Gasteiger partial charge in [-0.15, -0.1) is 0 Å². The van der Waals surface area contributed by atoms with Gasteiger partial charge in [0.1, 0.15) is 11.5 Å². The van der Waals surface area contributed by atoms with E-state index < -0.39 is 18.6 Å². The fourth-order valence-corrected chi connectivity index (χ4v) is 3.56. The second kappa shape index (κ2) is 17.3. The average molecular weight is 535 g/mol. The van der Waals surface area contributed by atoms with Gasteiger partial charge in [-0.25, -0.2) is 9.59 Å². The fraction of sp³-hybridized carbons (Fsp3) is 0.467. The number of halogens is 3. The fourth-order valence-electron chi connectivity index (χ4n) is 3.56. The van der Waals surface area contributed by atoms with E-state index >= 15 is 0 Å². The molecule has 38 heavy (non-hydrogen) atoms. The van der Waals surface area contributed by atoms with Crippen LogP contribution in [0.25, 0.3) is 6.08 Å². The Morgan fingerprint density at radius 3 is 2.05 bits per heavy atom. The second-order valence-corrected chi connectivity index (χ2v) is 9.03. The number of hydrogen-bond donors (Lipinski definition) is 0. The Hall–Kier alpha value is -3.29. The molecular weight excluding hydrogens is 497 g/mol. The molecule has 0 aromatic heterocycles. The summed E-state index contributed by atoms with van der Waals surface area (Å²) in [4.78, 5) is 24.3. The Morgan fingerprint density at radius 1 is 0.763 bits per heavy atom. The molecule has 0 atom stereocenters. The largest absolute Gasteiger partial charge is 0.494 e. The molecule has 0 heterocycles. The molecule has 208 valence electrons. The third-order valence-electron chi connectivity index (χ3n) is 5.71. The molecule has 2 aromatic rings. The van der Waals surface area contributed by atoms with E-state index in [1.807, 2.05) is 0 Å². The van der Waals surface area contributed by atoms with Gasteiger partial charge in [-0.05, 0) is 73.7 Å². The van der Waals surface area contributed by atoms with Gasteiger partial charge in [0, 0.05) is 12.5 Å². The normalized spacial score (nSPS) is 11.5. The minimum atomic E-state index is -4.12. The van der Waals surface area contributed by atoms with Crippen molar-refractivity contribution in [2.45, 2.75) is 77.3 Å². The summed E-state index contributed by atoms with van der Waals surface area (Å²) in [5.74, 6) is -0.0378. The molecule has 0 aliphatic rings. The Bertz CT molecular complexity index is 982. The number of carbonyl (C=O) groups excluding carboxylic acids is 2. The van der Waals surface area contributed by atoms with Crippen molar-refractivity contribution in [3.05, 3.63) is 65.7 Å². The van der Waals surface area contributed by atoms with Crippen LogP contribution < -0.4 is 9.47 Å². The van der Waals surface area contributed by atoms with Crippen LogP contribution in [0.2, 0.25) is 0 Å². The monoisotopic (exact) mass is 534 g/mol. The summed E-state index contributed by atoms with van der Waals surface area (Å²) in [6.45, 7) is 2.90. The van der Waals surface area contributed by atoms with Crippen LogP contribution in [0.5, 0.6) is 11.5 Å². The van der Waals surface area contributed by atoms with Crippen molar-refractivity contribution < 1.29 is 37.0 Å². The summed E-state index contributed by atoms with van der Waals surface area (Å²) in [6, 6.07) is 13.1. The summed E-state index contributed by atoms with van der Waals surface area (Å²) in [5.41, 5.74) is 1.10. The molecule has 2 aromatic carbocycles. The van der Waals surface area contributed by atoms with Crippen LogP contribution in [-0.2, 0) is 9.53 Å². The lowest BCUT2D eigenvalue weighted by atomic mass is 10.1. The number of benzene rings is 2. The Balaban J connectivity index is 1.68. The molecule has 0 bridgehead atoms. The van der Waals surface area contributed by atoms with Crippen molar-refractivity contribution in [3.63, 3.8) is 0 Å². The molecule has 0 saturated carbocycles. The molecule has 0 unspecified atom stereocenters. The van der Waals surface area contributed by atoms with Gasteiger partial charge >= 0.3 is 18.1 Å². The van der Waals surface area contributed by atoms with Crippen molar-refractivity contribution in [2.75, 3.05) is 13.2 Å². The Labute approximate surface area is 223 Å². The zero-order valence-corrected chi connectivity index (χ0v) is 21.9. The van der Waals surface area contributed by atoms with Crippen molar-refractivity contribution in [2.24, 2.45) is 0 Å². The lowest BCUT2D eigenvalue weighted by Crippen LogP contribution is -2.08. The van der Waals surface area contributed by atoms with Gasteiger partial charge in [0.25, 0.3) is 0 Å². The van der Waals surface area contributed by atoms with E-state index in [1.165, 1.54) is 25.3 Å². The molecule has 5 nitrogen and oxygen atoms in total. The molecule has 0 amide bonds. The highest BCUT2D eigenvalue weighted by Gasteiger charge is 2.25. The van der Waals surface area contributed by atoms with Crippen molar-refractivity contribution in [1.29, 1.82) is 0 Å². The zero-order chi connectivity index (χ0) is 27.6. The first kappa shape index (κ1) is 30.9. The van der Waals surface area contributed by atoms with Gasteiger partial charge in [0.05, 0.1) is 18.8 Å². The molecular formula is C30H37F3O5. The SMILES string of the molecule is CCCCCCCCOC(=O)C=Cc1ccc(OC(=O)c2ccc(OCCCCCC(F)(F)F)cc2)cc1. The maximum absolute atomic E-state index is 12.4. The van der Waals surface area contributed by atoms with E-state index in [-0.39, 0.29) is 12.4 Å². The van der Waals surface area contributed by atoms with Gasteiger partial charge in [0.2, 0.25) is 0 Å². The summed E-state index contributed by atoms with van der Waals surface area (Å²) in [5, 5.41) is 0. The Morgan fingerprint density at radius 2 is 1.37 bits per heavy atom. The molecule has 0 N–H and O–H groups in total. The summed E-state index contributed by atoms with van der Waals surface area (Å²) >= 11 is 0. The molecule has 0 aliphatic heterocycles. The maximum atomic E-state index is 12.4. The van der Waals surface area contributed by atoms with E-state index in [0.717, 1.165) is 24.8 Å². The van der Waals surface area contributed by atoms with Crippen LogP contribution in [0.4, 0.5) is 13.2 Å². The molecule has 8 heteroatoms. The van der Waals surface area contributed by atoms with Crippen molar-refractivity contribution in [3.8, 4) is 11.5 Å². The van der Waals surface area contributed by atoms with E-state index in [1.54, 1.807) is 54.6 Å².